The van der Waals surface area contributed by atoms with Crippen LogP contribution in [-0.4, -0.2) is 22.2 Å². The highest BCUT2D eigenvalue weighted by molar-refractivity contribution is 5.85. The Morgan fingerprint density at radius 2 is 2.04 bits per heavy atom. The number of phenolic OH excluding ortho intramolecular Hbond substituents is 1. The highest BCUT2D eigenvalue weighted by Crippen LogP contribution is 2.28. The zero-order valence-corrected chi connectivity index (χ0v) is 14.1. The van der Waals surface area contributed by atoms with Crippen LogP contribution in [0.15, 0.2) is 27.4 Å². The number of benzene rings is 1. The number of nitrogens with one attached hydrogen (secondary N) is 1. The average molecular weight is 333 g/mol. The van der Waals surface area contributed by atoms with Gasteiger partial charge in [-0.1, -0.05) is 27.2 Å². The van der Waals surface area contributed by atoms with Crippen LogP contribution in [0.3, 0.4) is 0 Å². The number of carboxylic acid groups (broad SMARTS) is 1. The molecule has 0 saturated heterocycles. The molecule has 130 valence electrons. The molecule has 0 bridgehead atoms. The molecule has 24 heavy (non-hydrogen) atoms. The highest BCUT2D eigenvalue weighted by atomic mass is 16.4. The quantitative estimate of drug-likeness (QED) is 0.674. The van der Waals surface area contributed by atoms with E-state index in [-0.39, 0.29) is 18.2 Å². The zero-order valence-electron chi connectivity index (χ0n) is 14.1. The molecule has 1 aromatic heterocycles. The molecule has 6 heteroatoms. The third-order valence-corrected chi connectivity index (χ3v) is 4.44. The smallest absolute Gasteiger partial charge is 0.336 e. The van der Waals surface area contributed by atoms with E-state index in [1.165, 1.54) is 12.1 Å². The number of aromatic hydroxyl groups is 1. The minimum absolute atomic E-state index is 0.0281. The molecular weight excluding hydrogens is 310 g/mol. The van der Waals surface area contributed by atoms with Crippen LogP contribution in [0.25, 0.3) is 11.0 Å². The lowest BCUT2D eigenvalue weighted by Crippen LogP contribution is -2.41. The molecule has 6 nitrogen and oxygen atoms in total. The third-order valence-electron chi connectivity index (χ3n) is 4.44. The van der Waals surface area contributed by atoms with Crippen molar-refractivity contribution in [1.82, 2.24) is 5.32 Å². The maximum absolute atomic E-state index is 11.8. The maximum atomic E-state index is 11.8. The van der Waals surface area contributed by atoms with Crippen molar-refractivity contribution in [2.75, 3.05) is 0 Å². The molecule has 0 radical (unpaired) electrons. The molecule has 0 spiro atoms. The van der Waals surface area contributed by atoms with Crippen LogP contribution in [0, 0.1) is 5.92 Å². The summed E-state index contributed by atoms with van der Waals surface area (Å²) in [4.78, 5) is 23.2. The van der Waals surface area contributed by atoms with Gasteiger partial charge in [-0.25, -0.2) is 4.79 Å². The lowest BCUT2D eigenvalue weighted by atomic mass is 9.98. The first kappa shape index (κ1) is 18.0. The molecule has 0 saturated carbocycles. The SMILES string of the molecule is CCc1cc(=O)oc2c(CN[C@H](C(=O)O)[C@H](C)CC)c(O)ccc12. The van der Waals surface area contributed by atoms with Crippen molar-refractivity contribution in [3.63, 3.8) is 0 Å². The first-order valence-corrected chi connectivity index (χ1v) is 8.12. The molecule has 2 rings (SSSR count). The summed E-state index contributed by atoms with van der Waals surface area (Å²) in [5.74, 6) is -1.04. The molecule has 3 N–H and O–H groups in total. The summed E-state index contributed by atoms with van der Waals surface area (Å²) in [6.07, 6.45) is 1.37. The van der Waals surface area contributed by atoms with E-state index in [1.54, 1.807) is 6.07 Å². The molecule has 2 aromatic rings. The Morgan fingerprint density at radius 1 is 1.33 bits per heavy atom. The summed E-state index contributed by atoms with van der Waals surface area (Å²) >= 11 is 0. The molecule has 2 atom stereocenters. The number of fused-ring (bicyclic) bond motifs is 1. The highest BCUT2D eigenvalue weighted by Gasteiger charge is 2.24. The van der Waals surface area contributed by atoms with E-state index in [9.17, 15) is 19.8 Å². The van der Waals surface area contributed by atoms with Gasteiger partial charge < -0.3 is 14.6 Å². The van der Waals surface area contributed by atoms with Crippen LogP contribution < -0.4 is 10.9 Å². The van der Waals surface area contributed by atoms with Crippen molar-refractivity contribution in [3.8, 4) is 5.75 Å². The Bertz CT molecular complexity index is 796. The van der Waals surface area contributed by atoms with Crippen LogP contribution in [0.5, 0.6) is 5.75 Å². The van der Waals surface area contributed by atoms with Gasteiger partial charge in [0.25, 0.3) is 0 Å². The van der Waals surface area contributed by atoms with E-state index >= 15 is 0 Å². The number of carbonyl (C=O) groups is 1. The lowest BCUT2D eigenvalue weighted by molar-refractivity contribution is -0.140. The summed E-state index contributed by atoms with van der Waals surface area (Å²) in [5.41, 5.74) is 1.05. The van der Waals surface area contributed by atoms with Crippen molar-refractivity contribution in [3.05, 3.63) is 39.7 Å². The molecule has 1 aromatic carbocycles. The van der Waals surface area contributed by atoms with Crippen molar-refractivity contribution in [2.24, 2.45) is 5.92 Å². The molecule has 1 heterocycles. The number of aliphatic carboxylic acids is 1. The van der Waals surface area contributed by atoms with E-state index in [0.717, 1.165) is 10.9 Å². The van der Waals surface area contributed by atoms with Crippen LogP contribution in [0.1, 0.15) is 38.3 Å². The number of phenols is 1. The predicted molar refractivity (Wildman–Crippen MR) is 91.2 cm³/mol. The van der Waals surface area contributed by atoms with Gasteiger partial charge in [-0.05, 0) is 30.0 Å². The van der Waals surface area contributed by atoms with Crippen molar-refractivity contribution >= 4 is 16.9 Å². The molecule has 0 aliphatic heterocycles. The van der Waals surface area contributed by atoms with Crippen LogP contribution in [-0.2, 0) is 17.8 Å². The van der Waals surface area contributed by atoms with Crippen LogP contribution >= 0.6 is 0 Å². The average Bonchev–Trinajstić information content (AvgIpc) is 2.55. The second-order valence-electron chi connectivity index (χ2n) is 5.97. The summed E-state index contributed by atoms with van der Waals surface area (Å²) in [6.45, 7) is 5.80. The lowest BCUT2D eigenvalue weighted by Gasteiger charge is -2.20. The Labute approximate surface area is 140 Å². The van der Waals surface area contributed by atoms with Gasteiger partial charge in [-0.2, -0.15) is 0 Å². The van der Waals surface area contributed by atoms with Crippen LogP contribution in [0.4, 0.5) is 0 Å². The predicted octanol–water partition coefficient (Wildman–Crippen LogP) is 2.65. The van der Waals surface area contributed by atoms with Gasteiger partial charge >= 0.3 is 11.6 Å². The van der Waals surface area contributed by atoms with E-state index in [2.05, 4.69) is 5.32 Å². The summed E-state index contributed by atoms with van der Waals surface area (Å²) in [6, 6.07) is 3.94. The number of rotatable bonds is 7. The van der Waals surface area contributed by atoms with Gasteiger partial charge in [0.2, 0.25) is 0 Å². The monoisotopic (exact) mass is 333 g/mol. The summed E-state index contributed by atoms with van der Waals surface area (Å²) in [5, 5.41) is 23.2. The van der Waals surface area contributed by atoms with Gasteiger partial charge in [-0.3, -0.25) is 10.1 Å². The molecule has 0 amide bonds. The number of hydrogen-bond acceptors (Lipinski definition) is 5. The Balaban J connectivity index is 2.44. The first-order chi connectivity index (χ1) is 11.4. The fraction of sp³-hybridized carbons (Fsp3) is 0.444. The van der Waals surface area contributed by atoms with E-state index in [0.29, 0.717) is 24.0 Å². The zero-order chi connectivity index (χ0) is 17.9. The summed E-state index contributed by atoms with van der Waals surface area (Å²) in [7, 11) is 0. The number of hydrogen-bond donors (Lipinski definition) is 3. The van der Waals surface area contributed by atoms with Crippen LogP contribution in [0.2, 0.25) is 0 Å². The van der Waals surface area contributed by atoms with E-state index < -0.39 is 17.6 Å². The molecule has 0 unspecified atom stereocenters. The maximum Gasteiger partial charge on any atom is 0.336 e. The number of aryl methyl sites for hydroxylation is 1. The normalized spacial score (nSPS) is 13.8. The Morgan fingerprint density at radius 3 is 2.62 bits per heavy atom. The minimum atomic E-state index is -0.945. The standard InChI is InChI=1S/C18H23NO5/c1-4-10(3)16(18(22)23)19-9-13-14(20)7-6-12-11(5-2)8-15(21)24-17(12)13/h6-8,10,16,19-20H,4-5,9H2,1-3H3,(H,22,23)/t10-,16+/m1/s1. The van der Waals surface area contributed by atoms with E-state index in [1.807, 2.05) is 20.8 Å². The fourth-order valence-electron chi connectivity index (χ4n) is 2.78. The van der Waals surface area contributed by atoms with Crippen molar-refractivity contribution in [1.29, 1.82) is 0 Å². The molecular formula is C18H23NO5. The van der Waals surface area contributed by atoms with Crippen molar-refractivity contribution < 1.29 is 19.4 Å². The molecule has 0 aliphatic carbocycles. The Kier molecular flexibility index (Phi) is 5.62. The largest absolute Gasteiger partial charge is 0.507 e. The fourth-order valence-corrected chi connectivity index (χ4v) is 2.78. The minimum Gasteiger partial charge on any atom is -0.507 e. The van der Waals surface area contributed by atoms with Gasteiger partial charge in [-0.15, -0.1) is 0 Å². The topological polar surface area (TPSA) is 99.8 Å². The second-order valence-corrected chi connectivity index (χ2v) is 5.97. The second kappa shape index (κ2) is 7.49. The van der Waals surface area contributed by atoms with Gasteiger partial charge in [0, 0.05) is 18.0 Å². The van der Waals surface area contributed by atoms with E-state index in [4.69, 9.17) is 4.42 Å². The third kappa shape index (κ3) is 3.59. The first-order valence-electron chi connectivity index (χ1n) is 8.12. The van der Waals surface area contributed by atoms with Gasteiger partial charge in [0.1, 0.15) is 17.4 Å². The number of carboxylic acids is 1. The molecule has 0 aliphatic rings. The summed E-state index contributed by atoms with van der Waals surface area (Å²) < 4.78 is 5.29. The van der Waals surface area contributed by atoms with Gasteiger partial charge in [0.05, 0.1) is 5.56 Å². The van der Waals surface area contributed by atoms with Gasteiger partial charge in [0.15, 0.2) is 0 Å². The Hall–Kier alpha value is -2.34. The van der Waals surface area contributed by atoms with Crippen molar-refractivity contribution in [2.45, 2.75) is 46.2 Å². The molecule has 0 fully saturated rings.